The lowest BCUT2D eigenvalue weighted by molar-refractivity contribution is -0.128. The van der Waals surface area contributed by atoms with E-state index >= 15 is 0 Å². The molecule has 0 aliphatic carbocycles. The number of hydrogen-bond donors (Lipinski definition) is 1. The van der Waals surface area contributed by atoms with Gasteiger partial charge in [0, 0.05) is 12.1 Å². The molecule has 0 radical (unpaired) electrons. The second-order valence-electron chi connectivity index (χ2n) is 7.12. The number of benzene rings is 3. The van der Waals surface area contributed by atoms with Gasteiger partial charge in [-0.1, -0.05) is 72.8 Å². The van der Waals surface area contributed by atoms with Crippen molar-refractivity contribution in [3.63, 3.8) is 0 Å². The van der Waals surface area contributed by atoms with Gasteiger partial charge in [0.05, 0.1) is 12.7 Å². The van der Waals surface area contributed by atoms with Crippen LogP contribution in [0, 0.1) is 0 Å². The maximum absolute atomic E-state index is 13.0. The van der Waals surface area contributed by atoms with Crippen LogP contribution in [-0.2, 0) is 22.7 Å². The SMILES string of the molecule is CC(C)OCc1cccc(CNC(=O)C(Oc2ccccc2)c2ccccc2)c1. The number of nitrogens with one attached hydrogen (secondary N) is 1. The lowest BCUT2D eigenvalue weighted by Gasteiger charge is -2.19. The Morgan fingerprint density at radius 2 is 1.52 bits per heavy atom. The van der Waals surface area contributed by atoms with Crippen LogP contribution in [0.2, 0.25) is 0 Å². The largest absolute Gasteiger partial charge is 0.476 e. The standard InChI is InChI=1S/C25H27NO3/c1-19(2)28-18-21-11-9-10-20(16-21)17-26-25(27)24(22-12-5-3-6-13-22)29-23-14-7-4-8-15-23/h3-16,19,24H,17-18H2,1-2H3,(H,26,27). The molecule has 3 aromatic rings. The summed E-state index contributed by atoms with van der Waals surface area (Å²) in [5.74, 6) is 0.480. The Kier molecular flexibility index (Phi) is 7.42. The highest BCUT2D eigenvalue weighted by molar-refractivity contribution is 5.82. The van der Waals surface area contributed by atoms with Gasteiger partial charge in [-0.3, -0.25) is 4.79 Å². The summed E-state index contributed by atoms with van der Waals surface area (Å²) in [6.07, 6.45) is -0.536. The smallest absolute Gasteiger partial charge is 0.266 e. The van der Waals surface area contributed by atoms with Crippen molar-refractivity contribution in [1.82, 2.24) is 5.32 Å². The fourth-order valence-electron chi connectivity index (χ4n) is 2.91. The number of ether oxygens (including phenoxy) is 2. The molecule has 0 spiro atoms. The van der Waals surface area contributed by atoms with Crippen molar-refractivity contribution in [2.75, 3.05) is 0 Å². The van der Waals surface area contributed by atoms with E-state index in [1.54, 1.807) is 0 Å². The number of carbonyl (C=O) groups is 1. The van der Waals surface area contributed by atoms with Crippen LogP contribution in [0.5, 0.6) is 5.75 Å². The first-order chi connectivity index (χ1) is 14.1. The highest BCUT2D eigenvalue weighted by atomic mass is 16.5. The van der Waals surface area contributed by atoms with Gasteiger partial charge < -0.3 is 14.8 Å². The Morgan fingerprint density at radius 1 is 0.862 bits per heavy atom. The summed E-state index contributed by atoms with van der Waals surface area (Å²) in [6, 6.07) is 27.0. The number of carbonyl (C=O) groups excluding carboxylic acids is 1. The zero-order valence-electron chi connectivity index (χ0n) is 16.9. The van der Waals surface area contributed by atoms with Gasteiger partial charge in [-0.15, -0.1) is 0 Å². The van der Waals surface area contributed by atoms with E-state index in [0.717, 1.165) is 16.7 Å². The van der Waals surface area contributed by atoms with E-state index in [4.69, 9.17) is 9.47 Å². The maximum Gasteiger partial charge on any atom is 0.266 e. The van der Waals surface area contributed by atoms with Gasteiger partial charge in [-0.05, 0) is 37.1 Å². The first kappa shape index (κ1) is 20.6. The number of rotatable bonds is 9. The lowest BCUT2D eigenvalue weighted by atomic mass is 10.1. The zero-order chi connectivity index (χ0) is 20.5. The monoisotopic (exact) mass is 389 g/mol. The molecule has 0 bridgehead atoms. The predicted molar refractivity (Wildman–Crippen MR) is 114 cm³/mol. The number of para-hydroxylation sites is 1. The summed E-state index contributed by atoms with van der Waals surface area (Å²) in [6.45, 7) is 5.01. The molecule has 0 aromatic heterocycles. The minimum Gasteiger partial charge on any atom is -0.476 e. The van der Waals surface area contributed by atoms with Gasteiger partial charge in [0.1, 0.15) is 5.75 Å². The van der Waals surface area contributed by atoms with Crippen LogP contribution >= 0.6 is 0 Å². The first-order valence-electron chi connectivity index (χ1n) is 9.85. The van der Waals surface area contributed by atoms with Gasteiger partial charge in [-0.2, -0.15) is 0 Å². The minimum atomic E-state index is -0.717. The molecule has 29 heavy (non-hydrogen) atoms. The van der Waals surface area contributed by atoms with Gasteiger partial charge in [-0.25, -0.2) is 0 Å². The van der Waals surface area contributed by atoms with Crippen molar-refractivity contribution < 1.29 is 14.3 Å². The molecule has 4 heteroatoms. The summed E-state index contributed by atoms with van der Waals surface area (Å²) in [5, 5.41) is 3.01. The second-order valence-corrected chi connectivity index (χ2v) is 7.12. The Hall–Kier alpha value is -3.11. The fraction of sp³-hybridized carbons (Fsp3) is 0.240. The highest BCUT2D eigenvalue weighted by Crippen LogP contribution is 2.22. The molecule has 0 aliphatic heterocycles. The van der Waals surface area contributed by atoms with Crippen LogP contribution in [-0.4, -0.2) is 12.0 Å². The topological polar surface area (TPSA) is 47.6 Å². The molecular formula is C25H27NO3. The van der Waals surface area contributed by atoms with Crippen LogP contribution in [0.15, 0.2) is 84.9 Å². The third-order valence-corrected chi connectivity index (χ3v) is 4.38. The Balaban J connectivity index is 1.68. The summed E-state index contributed by atoms with van der Waals surface area (Å²) in [4.78, 5) is 13.0. The number of amides is 1. The molecule has 0 saturated heterocycles. The average molecular weight is 389 g/mol. The van der Waals surface area contributed by atoms with Crippen LogP contribution in [0.25, 0.3) is 0 Å². The average Bonchev–Trinajstić information content (AvgIpc) is 2.76. The molecule has 1 unspecified atom stereocenters. The normalized spacial score (nSPS) is 11.8. The third-order valence-electron chi connectivity index (χ3n) is 4.38. The molecule has 0 saturated carbocycles. The summed E-state index contributed by atoms with van der Waals surface area (Å²) < 4.78 is 11.7. The van der Waals surface area contributed by atoms with Crippen molar-refractivity contribution >= 4 is 5.91 Å². The molecule has 1 atom stereocenters. The Labute approximate surface area is 172 Å². The van der Waals surface area contributed by atoms with E-state index in [1.807, 2.05) is 92.7 Å². The Morgan fingerprint density at radius 3 is 2.21 bits per heavy atom. The lowest BCUT2D eigenvalue weighted by Crippen LogP contribution is -2.32. The van der Waals surface area contributed by atoms with Crippen molar-refractivity contribution in [1.29, 1.82) is 0 Å². The van der Waals surface area contributed by atoms with E-state index in [-0.39, 0.29) is 12.0 Å². The molecular weight excluding hydrogens is 362 g/mol. The molecule has 0 heterocycles. The zero-order valence-corrected chi connectivity index (χ0v) is 16.9. The van der Waals surface area contributed by atoms with Gasteiger partial charge in [0.25, 0.3) is 5.91 Å². The van der Waals surface area contributed by atoms with Gasteiger partial charge >= 0.3 is 0 Å². The van der Waals surface area contributed by atoms with E-state index < -0.39 is 6.10 Å². The van der Waals surface area contributed by atoms with E-state index in [1.165, 1.54) is 0 Å². The van der Waals surface area contributed by atoms with Crippen LogP contribution in [0.1, 0.15) is 36.6 Å². The van der Waals surface area contributed by atoms with E-state index in [0.29, 0.717) is 18.9 Å². The van der Waals surface area contributed by atoms with Crippen LogP contribution < -0.4 is 10.1 Å². The quantitative estimate of drug-likeness (QED) is 0.557. The molecule has 150 valence electrons. The minimum absolute atomic E-state index is 0.177. The van der Waals surface area contributed by atoms with Crippen LogP contribution in [0.4, 0.5) is 0 Å². The molecule has 3 rings (SSSR count). The predicted octanol–water partition coefficient (Wildman–Crippen LogP) is 5.05. The summed E-state index contributed by atoms with van der Waals surface area (Å²) in [5.41, 5.74) is 2.92. The molecule has 4 nitrogen and oxygen atoms in total. The Bertz CT molecular complexity index is 894. The molecule has 3 aromatic carbocycles. The summed E-state index contributed by atoms with van der Waals surface area (Å²) in [7, 11) is 0. The van der Waals surface area contributed by atoms with Crippen molar-refractivity contribution in [2.45, 2.75) is 39.2 Å². The fourth-order valence-corrected chi connectivity index (χ4v) is 2.91. The maximum atomic E-state index is 13.0. The third kappa shape index (κ3) is 6.47. The van der Waals surface area contributed by atoms with E-state index in [2.05, 4.69) is 11.4 Å². The molecule has 1 amide bonds. The highest BCUT2D eigenvalue weighted by Gasteiger charge is 2.22. The molecule has 1 N–H and O–H groups in total. The van der Waals surface area contributed by atoms with E-state index in [9.17, 15) is 4.79 Å². The van der Waals surface area contributed by atoms with Crippen molar-refractivity contribution in [3.05, 3.63) is 102 Å². The van der Waals surface area contributed by atoms with Crippen LogP contribution in [0.3, 0.4) is 0 Å². The summed E-state index contributed by atoms with van der Waals surface area (Å²) >= 11 is 0. The van der Waals surface area contributed by atoms with Crippen molar-refractivity contribution in [2.24, 2.45) is 0 Å². The molecule has 0 fully saturated rings. The van der Waals surface area contributed by atoms with Crippen molar-refractivity contribution in [3.8, 4) is 5.75 Å². The first-order valence-corrected chi connectivity index (χ1v) is 9.85. The number of hydrogen-bond acceptors (Lipinski definition) is 3. The molecule has 0 aliphatic rings. The van der Waals surface area contributed by atoms with Gasteiger partial charge in [0.2, 0.25) is 6.10 Å². The second kappa shape index (κ2) is 10.4. The van der Waals surface area contributed by atoms with Gasteiger partial charge in [0.15, 0.2) is 0 Å².